The normalized spacial score (nSPS) is 27.4. The molecule has 114 valence electrons. The predicted molar refractivity (Wildman–Crippen MR) is 83.9 cm³/mol. The van der Waals surface area contributed by atoms with Crippen LogP contribution in [0.25, 0.3) is 0 Å². The second kappa shape index (κ2) is 6.24. The zero-order chi connectivity index (χ0) is 14.8. The molecule has 3 rings (SSSR count). The van der Waals surface area contributed by atoms with Crippen LogP contribution >= 0.6 is 11.6 Å². The van der Waals surface area contributed by atoms with Gasteiger partial charge in [-0.05, 0) is 43.7 Å². The van der Waals surface area contributed by atoms with E-state index in [9.17, 15) is 4.79 Å². The molecule has 21 heavy (non-hydrogen) atoms. The van der Waals surface area contributed by atoms with Crippen LogP contribution in [0.5, 0.6) is 5.75 Å². The lowest BCUT2D eigenvalue weighted by Gasteiger charge is -2.28. The number of amides is 1. The van der Waals surface area contributed by atoms with Crippen molar-refractivity contribution in [3.05, 3.63) is 23.2 Å². The van der Waals surface area contributed by atoms with E-state index in [1.807, 2.05) is 0 Å². The Morgan fingerprint density at radius 1 is 1.38 bits per heavy atom. The number of rotatable bonds is 4. The molecular weight excluding hydrogens is 288 g/mol. The second-order valence-electron chi connectivity index (χ2n) is 6.08. The molecule has 0 aliphatic carbocycles. The van der Waals surface area contributed by atoms with E-state index in [0.29, 0.717) is 35.2 Å². The van der Waals surface area contributed by atoms with Crippen LogP contribution in [0.2, 0.25) is 5.02 Å². The number of methoxy groups -OCH3 is 1. The maximum atomic E-state index is 12.2. The molecule has 1 amide bonds. The van der Waals surface area contributed by atoms with Gasteiger partial charge in [0.25, 0.3) is 0 Å². The first kappa shape index (κ1) is 14.7. The number of fused-ring (bicyclic) bond motifs is 2. The zero-order valence-electron chi connectivity index (χ0n) is 12.2. The Morgan fingerprint density at radius 3 is 2.76 bits per heavy atom. The van der Waals surface area contributed by atoms with Crippen LogP contribution in [0.1, 0.15) is 32.1 Å². The molecule has 0 aromatic heterocycles. The molecule has 1 aromatic carbocycles. The standard InChI is InChI=1S/C16H21ClN2O2/c1-21-15-9-13(4-5-14(15)17)19-16(20)8-10-6-11-2-3-12(7-10)18-11/h4-5,9-12,18H,2-3,6-8H2,1H3,(H,19,20). The van der Waals surface area contributed by atoms with Gasteiger partial charge in [0, 0.05) is 30.3 Å². The third-order valence-electron chi connectivity index (χ3n) is 4.48. The summed E-state index contributed by atoms with van der Waals surface area (Å²) in [6, 6.07) is 6.54. The first-order valence-corrected chi connectivity index (χ1v) is 7.91. The van der Waals surface area contributed by atoms with Gasteiger partial charge in [-0.15, -0.1) is 0 Å². The zero-order valence-corrected chi connectivity index (χ0v) is 13.0. The summed E-state index contributed by atoms with van der Waals surface area (Å²) in [5, 5.41) is 7.09. The van der Waals surface area contributed by atoms with E-state index in [1.165, 1.54) is 12.8 Å². The van der Waals surface area contributed by atoms with Crippen molar-refractivity contribution in [2.75, 3.05) is 12.4 Å². The molecule has 2 bridgehead atoms. The lowest BCUT2D eigenvalue weighted by atomic mass is 9.89. The molecule has 2 N–H and O–H groups in total. The monoisotopic (exact) mass is 308 g/mol. The SMILES string of the molecule is COc1cc(NC(=O)CC2CC3CCC(C2)N3)ccc1Cl. The van der Waals surface area contributed by atoms with Crippen molar-refractivity contribution < 1.29 is 9.53 Å². The summed E-state index contributed by atoms with van der Waals surface area (Å²) >= 11 is 5.98. The Balaban J connectivity index is 1.56. The lowest BCUT2D eigenvalue weighted by molar-refractivity contribution is -0.117. The van der Waals surface area contributed by atoms with Crippen LogP contribution in [0, 0.1) is 5.92 Å². The summed E-state index contributed by atoms with van der Waals surface area (Å²) in [6.45, 7) is 0. The first-order chi connectivity index (χ1) is 10.1. The maximum Gasteiger partial charge on any atom is 0.224 e. The van der Waals surface area contributed by atoms with E-state index in [1.54, 1.807) is 25.3 Å². The van der Waals surface area contributed by atoms with Crippen molar-refractivity contribution in [1.29, 1.82) is 0 Å². The van der Waals surface area contributed by atoms with Crippen LogP contribution in [0.4, 0.5) is 5.69 Å². The molecule has 2 unspecified atom stereocenters. The molecule has 2 aliphatic heterocycles. The number of nitrogens with one attached hydrogen (secondary N) is 2. The Kier molecular flexibility index (Phi) is 4.36. The van der Waals surface area contributed by atoms with Crippen LogP contribution in [-0.2, 0) is 4.79 Å². The number of anilines is 1. The first-order valence-electron chi connectivity index (χ1n) is 7.53. The molecule has 1 aromatic rings. The highest BCUT2D eigenvalue weighted by atomic mass is 35.5. The summed E-state index contributed by atoms with van der Waals surface area (Å²) in [6.07, 6.45) is 5.36. The summed E-state index contributed by atoms with van der Waals surface area (Å²) in [5.74, 6) is 1.15. The minimum atomic E-state index is 0.0747. The average molecular weight is 309 g/mol. The number of halogens is 1. The molecule has 0 radical (unpaired) electrons. The second-order valence-corrected chi connectivity index (χ2v) is 6.48. The molecule has 5 heteroatoms. The summed E-state index contributed by atoms with van der Waals surface area (Å²) in [7, 11) is 1.57. The molecule has 0 spiro atoms. The van der Waals surface area contributed by atoms with Gasteiger partial charge in [0.2, 0.25) is 5.91 Å². The van der Waals surface area contributed by atoms with Gasteiger partial charge in [0.15, 0.2) is 0 Å². The highest BCUT2D eigenvalue weighted by Gasteiger charge is 2.34. The van der Waals surface area contributed by atoms with Gasteiger partial charge in [0.1, 0.15) is 5.75 Å². The van der Waals surface area contributed by atoms with Crippen LogP contribution in [-0.4, -0.2) is 25.1 Å². The Morgan fingerprint density at radius 2 is 2.10 bits per heavy atom. The Bertz CT molecular complexity index is 523. The van der Waals surface area contributed by atoms with E-state index >= 15 is 0 Å². The lowest BCUT2D eigenvalue weighted by Crippen LogP contribution is -2.39. The number of carbonyl (C=O) groups is 1. The van der Waals surface area contributed by atoms with Crippen molar-refractivity contribution in [3.8, 4) is 5.75 Å². The summed E-state index contributed by atoms with van der Waals surface area (Å²) in [4.78, 5) is 12.2. The predicted octanol–water partition coefficient (Wildman–Crippen LogP) is 3.21. The van der Waals surface area contributed by atoms with E-state index < -0.39 is 0 Å². The van der Waals surface area contributed by atoms with Crippen molar-refractivity contribution in [2.45, 2.75) is 44.2 Å². The average Bonchev–Trinajstić information content (AvgIpc) is 2.80. The largest absolute Gasteiger partial charge is 0.495 e. The van der Waals surface area contributed by atoms with E-state index in [-0.39, 0.29) is 5.91 Å². The van der Waals surface area contributed by atoms with E-state index in [2.05, 4.69) is 10.6 Å². The summed E-state index contributed by atoms with van der Waals surface area (Å²) in [5.41, 5.74) is 0.734. The van der Waals surface area contributed by atoms with Crippen molar-refractivity contribution in [2.24, 2.45) is 5.92 Å². The van der Waals surface area contributed by atoms with Gasteiger partial charge in [-0.3, -0.25) is 4.79 Å². The molecule has 2 heterocycles. The maximum absolute atomic E-state index is 12.2. The minimum Gasteiger partial charge on any atom is -0.495 e. The molecule has 2 atom stereocenters. The minimum absolute atomic E-state index is 0.0747. The molecule has 2 aliphatic rings. The molecule has 0 saturated carbocycles. The number of piperidine rings is 1. The quantitative estimate of drug-likeness (QED) is 0.898. The number of carbonyl (C=O) groups excluding carboxylic acids is 1. The van der Waals surface area contributed by atoms with E-state index in [0.717, 1.165) is 18.5 Å². The van der Waals surface area contributed by atoms with Crippen molar-refractivity contribution in [1.82, 2.24) is 5.32 Å². The number of benzene rings is 1. The van der Waals surface area contributed by atoms with Gasteiger partial charge in [0.05, 0.1) is 12.1 Å². The molecular formula is C16H21ClN2O2. The Labute approximate surface area is 130 Å². The van der Waals surface area contributed by atoms with Crippen LogP contribution in [0.15, 0.2) is 18.2 Å². The van der Waals surface area contributed by atoms with Crippen molar-refractivity contribution >= 4 is 23.2 Å². The van der Waals surface area contributed by atoms with Crippen molar-refractivity contribution in [3.63, 3.8) is 0 Å². The molecule has 2 saturated heterocycles. The number of hydrogen-bond acceptors (Lipinski definition) is 3. The third kappa shape index (κ3) is 3.50. The molecule has 2 fully saturated rings. The van der Waals surface area contributed by atoms with Gasteiger partial charge < -0.3 is 15.4 Å². The highest BCUT2D eigenvalue weighted by molar-refractivity contribution is 6.32. The third-order valence-corrected chi connectivity index (χ3v) is 4.79. The Hall–Kier alpha value is -1.26. The van der Waals surface area contributed by atoms with Crippen LogP contribution < -0.4 is 15.4 Å². The fourth-order valence-electron chi connectivity index (χ4n) is 3.55. The topological polar surface area (TPSA) is 50.4 Å². The van der Waals surface area contributed by atoms with Gasteiger partial charge >= 0.3 is 0 Å². The van der Waals surface area contributed by atoms with Gasteiger partial charge in [-0.25, -0.2) is 0 Å². The van der Waals surface area contributed by atoms with Gasteiger partial charge in [-0.2, -0.15) is 0 Å². The number of ether oxygens (including phenoxy) is 1. The van der Waals surface area contributed by atoms with E-state index in [4.69, 9.17) is 16.3 Å². The van der Waals surface area contributed by atoms with Crippen LogP contribution in [0.3, 0.4) is 0 Å². The fourth-order valence-corrected chi connectivity index (χ4v) is 3.75. The number of hydrogen-bond donors (Lipinski definition) is 2. The summed E-state index contributed by atoms with van der Waals surface area (Å²) < 4.78 is 5.16. The smallest absolute Gasteiger partial charge is 0.224 e. The fraction of sp³-hybridized carbons (Fsp3) is 0.562. The molecule has 4 nitrogen and oxygen atoms in total. The van der Waals surface area contributed by atoms with Gasteiger partial charge in [-0.1, -0.05) is 11.6 Å². The highest BCUT2D eigenvalue weighted by Crippen LogP contribution is 2.33.